The molecule has 1 fully saturated rings. The molecule has 37 heavy (non-hydrogen) atoms. The molecule has 1 aromatic heterocycles. The van der Waals surface area contributed by atoms with E-state index in [0.29, 0.717) is 24.1 Å². The third kappa shape index (κ3) is 4.74. The van der Waals surface area contributed by atoms with Gasteiger partial charge in [-0.1, -0.05) is 43.7 Å². The Balaban J connectivity index is 1.28. The van der Waals surface area contributed by atoms with E-state index >= 15 is 0 Å². The summed E-state index contributed by atoms with van der Waals surface area (Å²) in [4.78, 5) is 16.1. The summed E-state index contributed by atoms with van der Waals surface area (Å²) in [5, 5.41) is 8.66. The highest BCUT2D eigenvalue weighted by Gasteiger charge is 2.39. The minimum Gasteiger partial charge on any atom is -0.457 e. The summed E-state index contributed by atoms with van der Waals surface area (Å²) in [7, 11) is 0. The van der Waals surface area contributed by atoms with Crippen molar-refractivity contribution < 1.29 is 13.9 Å². The quantitative estimate of drug-likeness (QED) is 0.342. The molecule has 6 rings (SSSR count). The van der Waals surface area contributed by atoms with Crippen LogP contribution in [0.1, 0.15) is 37.6 Å². The Labute approximate surface area is 220 Å². The minimum absolute atomic E-state index is 0.0298. The summed E-state index contributed by atoms with van der Waals surface area (Å²) in [5.74, 6) is 3.08. The molecule has 0 radical (unpaired) electrons. The molecule has 3 aromatic carbocycles. The highest BCUT2D eigenvalue weighted by molar-refractivity contribution is 7.99. The number of hydrogen-bond acceptors (Lipinski definition) is 7. The van der Waals surface area contributed by atoms with E-state index in [0.717, 1.165) is 46.1 Å². The molecule has 1 atom stereocenters. The second-order valence-electron chi connectivity index (χ2n) is 9.91. The molecule has 188 valence electrons. The van der Waals surface area contributed by atoms with Gasteiger partial charge in [-0.25, -0.2) is 0 Å². The number of carbonyl (C=O) groups excluding carboxylic acids is 1. The van der Waals surface area contributed by atoms with E-state index in [1.165, 1.54) is 6.42 Å². The van der Waals surface area contributed by atoms with Crippen molar-refractivity contribution in [1.82, 2.24) is 10.2 Å². The molecular weight excluding hydrogens is 484 g/mol. The first-order valence-corrected chi connectivity index (χ1v) is 13.5. The SMILES string of the molecule is CC1(c2nnc(-c3ccc4c(c3)N(Cc3ccc(Oc5ccccc5)cc3)C(=O)C(N)CS4)o2)CCC1. The largest absolute Gasteiger partial charge is 0.457 e. The van der Waals surface area contributed by atoms with Crippen LogP contribution < -0.4 is 15.4 Å². The number of nitrogens with two attached hydrogens (primary N) is 1. The number of ether oxygens (including phenoxy) is 1. The maximum Gasteiger partial charge on any atom is 0.247 e. The van der Waals surface area contributed by atoms with Gasteiger partial charge < -0.3 is 19.8 Å². The van der Waals surface area contributed by atoms with Gasteiger partial charge in [0.25, 0.3) is 0 Å². The van der Waals surface area contributed by atoms with Crippen LogP contribution in [0.4, 0.5) is 5.69 Å². The highest BCUT2D eigenvalue weighted by Crippen LogP contribution is 2.44. The summed E-state index contributed by atoms with van der Waals surface area (Å²) >= 11 is 1.59. The van der Waals surface area contributed by atoms with Crippen molar-refractivity contribution in [1.29, 1.82) is 0 Å². The zero-order valence-corrected chi connectivity index (χ0v) is 21.4. The van der Waals surface area contributed by atoms with Crippen molar-refractivity contribution >= 4 is 23.4 Å². The number of carbonyl (C=O) groups is 1. The van der Waals surface area contributed by atoms with Gasteiger partial charge in [-0.2, -0.15) is 0 Å². The lowest BCUT2D eigenvalue weighted by Gasteiger charge is -2.34. The van der Waals surface area contributed by atoms with E-state index in [1.807, 2.05) is 72.8 Å². The zero-order valence-electron chi connectivity index (χ0n) is 20.6. The molecule has 2 aliphatic rings. The lowest BCUT2D eigenvalue weighted by Crippen LogP contribution is -2.44. The van der Waals surface area contributed by atoms with Crippen LogP contribution in [0.15, 0.2) is 82.1 Å². The fourth-order valence-corrected chi connectivity index (χ4v) is 5.67. The molecule has 1 aliphatic heterocycles. The van der Waals surface area contributed by atoms with Crippen LogP contribution in [0.25, 0.3) is 11.5 Å². The fraction of sp³-hybridized carbons (Fsp3) is 0.276. The van der Waals surface area contributed by atoms with Gasteiger partial charge in [0.15, 0.2) is 0 Å². The van der Waals surface area contributed by atoms with E-state index in [4.69, 9.17) is 14.9 Å². The number of hydrogen-bond donors (Lipinski definition) is 1. The first-order chi connectivity index (χ1) is 18.0. The number of para-hydroxylation sites is 1. The van der Waals surface area contributed by atoms with Gasteiger partial charge in [-0.05, 0) is 60.9 Å². The molecule has 7 nitrogen and oxygen atoms in total. The summed E-state index contributed by atoms with van der Waals surface area (Å²) in [5.41, 5.74) is 8.80. The van der Waals surface area contributed by atoms with Gasteiger partial charge in [-0.3, -0.25) is 4.79 Å². The van der Waals surface area contributed by atoms with Crippen molar-refractivity contribution in [2.24, 2.45) is 5.73 Å². The molecule has 0 bridgehead atoms. The van der Waals surface area contributed by atoms with Crippen molar-refractivity contribution in [3.05, 3.63) is 84.3 Å². The predicted molar refractivity (Wildman–Crippen MR) is 144 cm³/mol. The van der Waals surface area contributed by atoms with Crippen LogP contribution in [0.3, 0.4) is 0 Å². The van der Waals surface area contributed by atoms with E-state index in [2.05, 4.69) is 17.1 Å². The second kappa shape index (κ2) is 9.68. The number of rotatable bonds is 6. The zero-order chi connectivity index (χ0) is 25.4. The van der Waals surface area contributed by atoms with Crippen LogP contribution in [-0.2, 0) is 16.8 Å². The number of thioether (sulfide) groups is 1. The molecule has 0 spiro atoms. The smallest absolute Gasteiger partial charge is 0.247 e. The van der Waals surface area contributed by atoms with E-state index < -0.39 is 6.04 Å². The number of aromatic nitrogens is 2. The van der Waals surface area contributed by atoms with Crippen molar-refractivity contribution in [3.8, 4) is 23.0 Å². The van der Waals surface area contributed by atoms with Crippen molar-refractivity contribution in [2.75, 3.05) is 10.7 Å². The van der Waals surface area contributed by atoms with Crippen LogP contribution in [0, 0.1) is 0 Å². The molecule has 1 aliphatic carbocycles. The van der Waals surface area contributed by atoms with E-state index in [9.17, 15) is 4.79 Å². The molecule has 1 saturated carbocycles. The Morgan fingerprint density at radius 3 is 2.54 bits per heavy atom. The number of fused-ring (bicyclic) bond motifs is 1. The van der Waals surface area contributed by atoms with Crippen LogP contribution in [-0.4, -0.2) is 27.9 Å². The van der Waals surface area contributed by atoms with Crippen molar-refractivity contribution in [2.45, 2.75) is 49.1 Å². The maximum absolute atomic E-state index is 13.4. The topological polar surface area (TPSA) is 94.5 Å². The van der Waals surface area contributed by atoms with Gasteiger partial charge in [0.05, 0.1) is 18.3 Å². The van der Waals surface area contributed by atoms with Crippen LogP contribution >= 0.6 is 11.8 Å². The summed E-state index contributed by atoms with van der Waals surface area (Å²) < 4.78 is 12.0. The van der Waals surface area contributed by atoms with E-state index in [1.54, 1.807) is 16.7 Å². The third-order valence-electron chi connectivity index (χ3n) is 7.14. The second-order valence-corrected chi connectivity index (χ2v) is 11.0. The number of benzene rings is 3. The average Bonchev–Trinajstić information content (AvgIpc) is 3.37. The van der Waals surface area contributed by atoms with Crippen molar-refractivity contribution in [3.63, 3.8) is 0 Å². The molecular formula is C29H28N4O3S. The Morgan fingerprint density at radius 2 is 1.81 bits per heavy atom. The maximum atomic E-state index is 13.4. The predicted octanol–water partition coefficient (Wildman–Crippen LogP) is 5.94. The van der Waals surface area contributed by atoms with Gasteiger partial charge in [0.1, 0.15) is 11.5 Å². The average molecular weight is 513 g/mol. The van der Waals surface area contributed by atoms with Crippen LogP contribution in [0.5, 0.6) is 11.5 Å². The van der Waals surface area contributed by atoms with Gasteiger partial charge >= 0.3 is 0 Å². The Bertz CT molecular complexity index is 1420. The van der Waals surface area contributed by atoms with E-state index in [-0.39, 0.29) is 11.3 Å². The first kappa shape index (κ1) is 23.8. The third-order valence-corrected chi connectivity index (χ3v) is 8.32. The monoisotopic (exact) mass is 512 g/mol. The number of nitrogens with zero attached hydrogens (tertiary/aromatic N) is 3. The summed E-state index contributed by atoms with van der Waals surface area (Å²) in [6.45, 7) is 2.56. The molecule has 1 unspecified atom stereocenters. The van der Waals surface area contributed by atoms with Gasteiger partial charge in [0, 0.05) is 21.6 Å². The lowest BCUT2D eigenvalue weighted by atomic mass is 9.70. The minimum atomic E-state index is -0.588. The Hall–Kier alpha value is -3.62. The standard InChI is InChI=1S/C29H28N4O3S/c1-29(14-5-15-29)28-32-31-26(36-28)20-10-13-25-24(16-20)33(27(34)23(30)18-37-25)17-19-8-11-22(12-9-19)35-21-6-3-2-4-7-21/h2-4,6-13,16,23H,5,14-15,17-18,30H2,1H3. The normalized spacial score (nSPS) is 18.6. The Morgan fingerprint density at radius 1 is 1.05 bits per heavy atom. The first-order valence-electron chi connectivity index (χ1n) is 12.5. The fourth-order valence-electron chi connectivity index (χ4n) is 4.69. The molecule has 4 aromatic rings. The molecule has 0 saturated heterocycles. The highest BCUT2D eigenvalue weighted by atomic mass is 32.2. The lowest BCUT2D eigenvalue weighted by molar-refractivity contribution is -0.119. The molecule has 2 heterocycles. The number of anilines is 1. The molecule has 2 N–H and O–H groups in total. The molecule has 8 heteroatoms. The number of amides is 1. The Kier molecular flexibility index (Phi) is 6.22. The molecule has 1 amide bonds. The van der Waals surface area contributed by atoms with Gasteiger partial charge in [-0.15, -0.1) is 22.0 Å². The van der Waals surface area contributed by atoms with Crippen LogP contribution in [0.2, 0.25) is 0 Å². The summed E-state index contributed by atoms with van der Waals surface area (Å²) in [6.07, 6.45) is 3.30. The summed E-state index contributed by atoms with van der Waals surface area (Å²) in [6, 6.07) is 22.8. The van der Waals surface area contributed by atoms with Gasteiger partial charge in [0.2, 0.25) is 17.7 Å².